The Labute approximate surface area is 154 Å². The van der Waals surface area contributed by atoms with Crippen molar-refractivity contribution in [3.8, 4) is 0 Å². The first-order chi connectivity index (χ1) is 9.56. The van der Waals surface area contributed by atoms with Crippen molar-refractivity contribution in [3.05, 3.63) is 6.42 Å². The quantitative estimate of drug-likeness (QED) is 0.262. The maximum absolute atomic E-state index is 10.4. The summed E-state index contributed by atoms with van der Waals surface area (Å²) in [6, 6.07) is 0. The molecule has 0 fully saturated rings. The molecular formula is C16H32NaO3S. The normalized spacial score (nSPS) is 11.3. The molecule has 0 heterocycles. The number of hydrogen-bond donors (Lipinski definition) is 0. The van der Waals surface area contributed by atoms with Crippen LogP contribution in [0.5, 0.6) is 0 Å². The zero-order valence-electron chi connectivity index (χ0n) is 14.1. The molecule has 1 radical (unpaired) electrons. The predicted molar refractivity (Wildman–Crippen MR) is 84.6 cm³/mol. The van der Waals surface area contributed by atoms with Crippen LogP contribution in [0.1, 0.15) is 90.4 Å². The summed E-state index contributed by atoms with van der Waals surface area (Å²) in [7, 11) is -4.00. The zero-order valence-corrected chi connectivity index (χ0v) is 16.9. The summed E-state index contributed by atoms with van der Waals surface area (Å²) in [6.45, 7) is 2.24. The van der Waals surface area contributed by atoms with Gasteiger partial charge in [0, 0.05) is 5.75 Å². The molecule has 0 unspecified atom stereocenters. The van der Waals surface area contributed by atoms with Crippen LogP contribution in [0.25, 0.3) is 0 Å². The third kappa shape index (κ3) is 23.3. The summed E-state index contributed by atoms with van der Waals surface area (Å²) >= 11 is 0. The third-order valence-corrected chi connectivity index (χ3v) is 4.35. The third-order valence-electron chi connectivity index (χ3n) is 3.56. The first kappa shape index (κ1) is 24.2. The van der Waals surface area contributed by atoms with E-state index in [1.54, 1.807) is 0 Å². The van der Waals surface area contributed by atoms with Crippen LogP contribution in [0.2, 0.25) is 0 Å². The smallest absolute Gasteiger partial charge is 0.748 e. The summed E-state index contributed by atoms with van der Waals surface area (Å²) in [5.74, 6) is -0.197. The summed E-state index contributed by atoms with van der Waals surface area (Å²) in [4.78, 5) is 0. The van der Waals surface area contributed by atoms with Crippen LogP contribution in [0.4, 0.5) is 0 Å². The average molecular weight is 327 g/mol. The van der Waals surface area contributed by atoms with Gasteiger partial charge in [0.2, 0.25) is 0 Å². The fraction of sp³-hybridized carbons (Fsp3) is 0.938. The molecule has 0 amide bonds. The molecule has 0 aromatic heterocycles. The standard InChI is InChI=1S/C16H33O3S.Na/c1-2-3-4-5-6-7-8-9-10-11-12-13-14-15-16-20(17,18)19;/h9H,2-8,10-16H2,1H3,(H,17,18,19);/q;+1/p-1. The van der Waals surface area contributed by atoms with Gasteiger partial charge in [-0.15, -0.1) is 0 Å². The van der Waals surface area contributed by atoms with Crippen molar-refractivity contribution < 1.29 is 42.5 Å². The molecule has 0 spiro atoms. The van der Waals surface area contributed by atoms with E-state index in [9.17, 15) is 13.0 Å². The van der Waals surface area contributed by atoms with Gasteiger partial charge in [-0.05, 0) is 12.8 Å². The van der Waals surface area contributed by atoms with Gasteiger partial charge in [-0.2, -0.15) is 0 Å². The first-order valence-corrected chi connectivity index (χ1v) is 9.89. The Morgan fingerprint density at radius 2 is 1.19 bits per heavy atom. The predicted octanol–water partition coefficient (Wildman–Crippen LogP) is 1.83. The van der Waals surface area contributed by atoms with E-state index in [1.165, 1.54) is 57.8 Å². The first-order valence-electron chi connectivity index (χ1n) is 8.31. The van der Waals surface area contributed by atoms with Gasteiger partial charge >= 0.3 is 29.6 Å². The van der Waals surface area contributed by atoms with Crippen LogP contribution in [0.15, 0.2) is 0 Å². The number of rotatable bonds is 15. The molecule has 0 aromatic rings. The Morgan fingerprint density at radius 1 is 0.762 bits per heavy atom. The Bertz CT molecular complexity index is 292. The van der Waals surface area contributed by atoms with E-state index < -0.39 is 10.1 Å². The van der Waals surface area contributed by atoms with Crippen LogP contribution in [0.3, 0.4) is 0 Å². The second kappa shape index (κ2) is 17.3. The van der Waals surface area contributed by atoms with Crippen molar-refractivity contribution in [2.75, 3.05) is 5.75 Å². The van der Waals surface area contributed by atoms with E-state index in [4.69, 9.17) is 0 Å². The van der Waals surface area contributed by atoms with Crippen molar-refractivity contribution in [2.24, 2.45) is 0 Å². The summed E-state index contributed by atoms with van der Waals surface area (Å²) < 4.78 is 31.2. The molecule has 0 N–H and O–H groups in total. The van der Waals surface area contributed by atoms with Gasteiger partial charge in [-0.1, -0.05) is 84.0 Å². The molecular weight excluding hydrogens is 295 g/mol. The van der Waals surface area contributed by atoms with Gasteiger partial charge in [0.15, 0.2) is 0 Å². The van der Waals surface area contributed by atoms with Crippen LogP contribution < -0.4 is 29.6 Å². The molecule has 0 aliphatic rings. The van der Waals surface area contributed by atoms with Gasteiger partial charge in [-0.3, -0.25) is 0 Å². The molecule has 0 rings (SSSR count). The van der Waals surface area contributed by atoms with Crippen molar-refractivity contribution >= 4 is 10.1 Å². The SMILES string of the molecule is CCCCCCCC[CH]CCCCCCCS(=O)(=O)[O-].[Na+]. The minimum Gasteiger partial charge on any atom is -0.748 e. The monoisotopic (exact) mass is 327 g/mol. The van der Waals surface area contributed by atoms with Crippen LogP contribution in [-0.2, 0) is 10.1 Å². The molecule has 5 heteroatoms. The largest absolute Gasteiger partial charge is 1.00 e. The van der Waals surface area contributed by atoms with Crippen LogP contribution in [0, 0.1) is 6.42 Å². The minimum absolute atomic E-state index is 0. The van der Waals surface area contributed by atoms with Crippen molar-refractivity contribution in [2.45, 2.75) is 90.4 Å². The van der Waals surface area contributed by atoms with Gasteiger partial charge in [-0.25, -0.2) is 8.42 Å². The van der Waals surface area contributed by atoms with Gasteiger partial charge < -0.3 is 4.55 Å². The topological polar surface area (TPSA) is 57.2 Å². The maximum atomic E-state index is 10.4. The zero-order chi connectivity index (χ0) is 15.1. The fourth-order valence-corrected chi connectivity index (χ4v) is 2.87. The fourth-order valence-electron chi connectivity index (χ4n) is 2.31. The molecule has 0 aliphatic carbocycles. The second-order valence-corrected chi connectivity index (χ2v) is 7.19. The van der Waals surface area contributed by atoms with Gasteiger partial charge in [0.25, 0.3) is 0 Å². The molecule has 121 valence electrons. The van der Waals surface area contributed by atoms with E-state index in [1.807, 2.05) is 0 Å². The van der Waals surface area contributed by atoms with Crippen LogP contribution >= 0.6 is 0 Å². The Hall–Kier alpha value is 0.910. The molecule has 0 saturated heterocycles. The molecule has 0 saturated carbocycles. The van der Waals surface area contributed by atoms with E-state index in [0.29, 0.717) is 6.42 Å². The van der Waals surface area contributed by atoms with E-state index in [2.05, 4.69) is 13.3 Å². The summed E-state index contributed by atoms with van der Waals surface area (Å²) in [6.07, 6.45) is 17.7. The van der Waals surface area contributed by atoms with Crippen LogP contribution in [-0.4, -0.2) is 18.7 Å². The minimum atomic E-state index is -4.00. The van der Waals surface area contributed by atoms with Gasteiger partial charge in [0.05, 0.1) is 10.1 Å². The molecule has 3 nitrogen and oxygen atoms in total. The maximum Gasteiger partial charge on any atom is 1.00 e. The van der Waals surface area contributed by atoms with Gasteiger partial charge in [0.1, 0.15) is 0 Å². The summed E-state index contributed by atoms with van der Waals surface area (Å²) in [5.41, 5.74) is 0. The summed E-state index contributed by atoms with van der Waals surface area (Å²) in [5, 5.41) is 0. The molecule has 0 aromatic carbocycles. The number of hydrogen-bond acceptors (Lipinski definition) is 3. The molecule has 0 bridgehead atoms. The second-order valence-electron chi connectivity index (χ2n) is 5.66. The van der Waals surface area contributed by atoms with E-state index in [-0.39, 0.29) is 35.3 Å². The Kier molecular flexibility index (Phi) is 19.9. The molecule has 21 heavy (non-hydrogen) atoms. The average Bonchev–Trinajstić information content (AvgIpc) is 2.38. The van der Waals surface area contributed by atoms with Crippen molar-refractivity contribution in [1.82, 2.24) is 0 Å². The van der Waals surface area contributed by atoms with Crippen molar-refractivity contribution in [1.29, 1.82) is 0 Å². The molecule has 0 atom stereocenters. The molecule has 0 aliphatic heterocycles. The van der Waals surface area contributed by atoms with E-state index >= 15 is 0 Å². The Balaban J connectivity index is 0. The Morgan fingerprint density at radius 3 is 1.67 bits per heavy atom. The van der Waals surface area contributed by atoms with E-state index in [0.717, 1.165) is 19.3 Å². The number of unbranched alkanes of at least 4 members (excludes halogenated alkanes) is 13. The van der Waals surface area contributed by atoms with Crippen molar-refractivity contribution in [3.63, 3.8) is 0 Å².